The number of furan rings is 1. The minimum atomic E-state index is 0.122. The Morgan fingerprint density at radius 3 is 3.04 bits per heavy atom. The summed E-state index contributed by atoms with van der Waals surface area (Å²) < 4.78 is 7.65. The molecule has 1 amide bonds. The Hall–Kier alpha value is -2.08. The number of hydrogen-bond acceptors (Lipinski definition) is 4. The van der Waals surface area contributed by atoms with Crippen LogP contribution in [0.15, 0.2) is 35.2 Å². The van der Waals surface area contributed by atoms with Crippen LogP contribution in [-0.2, 0) is 17.9 Å². The van der Waals surface area contributed by atoms with E-state index in [4.69, 9.17) is 4.42 Å². The fourth-order valence-corrected chi connectivity index (χ4v) is 3.85. The highest BCUT2D eigenvalue weighted by Crippen LogP contribution is 2.48. The van der Waals surface area contributed by atoms with E-state index in [0.29, 0.717) is 11.8 Å². The predicted molar refractivity (Wildman–Crippen MR) is 93.9 cm³/mol. The van der Waals surface area contributed by atoms with Crippen molar-refractivity contribution < 1.29 is 9.21 Å². The van der Waals surface area contributed by atoms with Crippen LogP contribution in [0.5, 0.6) is 0 Å². The molecule has 6 nitrogen and oxygen atoms in total. The van der Waals surface area contributed by atoms with Crippen molar-refractivity contribution in [3.8, 4) is 0 Å². The molecule has 0 spiro atoms. The lowest BCUT2D eigenvalue weighted by Gasteiger charge is -2.22. The summed E-state index contributed by atoms with van der Waals surface area (Å²) in [5.41, 5.74) is 0. The van der Waals surface area contributed by atoms with E-state index >= 15 is 0 Å². The number of imidazole rings is 1. The average molecular weight is 342 g/mol. The quantitative estimate of drug-likeness (QED) is 0.837. The fourth-order valence-electron chi connectivity index (χ4n) is 3.85. The second kappa shape index (κ2) is 7.04. The Morgan fingerprint density at radius 1 is 1.32 bits per heavy atom. The third-order valence-corrected chi connectivity index (χ3v) is 5.42. The summed E-state index contributed by atoms with van der Waals surface area (Å²) in [6, 6.07) is 3.89. The molecular formula is C19H26N4O2. The van der Waals surface area contributed by atoms with Crippen molar-refractivity contribution in [2.45, 2.75) is 38.8 Å². The first-order chi connectivity index (χ1) is 12.3. The molecule has 134 valence electrons. The molecule has 2 atom stereocenters. The van der Waals surface area contributed by atoms with Crippen LogP contribution in [0.25, 0.3) is 0 Å². The molecule has 1 aliphatic heterocycles. The summed E-state index contributed by atoms with van der Waals surface area (Å²) in [6.45, 7) is 7.56. The first-order valence-electron chi connectivity index (χ1n) is 9.31. The van der Waals surface area contributed by atoms with Gasteiger partial charge in [-0.25, -0.2) is 4.98 Å². The van der Waals surface area contributed by atoms with E-state index in [1.165, 1.54) is 0 Å². The lowest BCUT2D eigenvalue weighted by molar-refractivity contribution is -0.132. The van der Waals surface area contributed by atoms with Crippen LogP contribution >= 0.6 is 0 Å². The molecule has 3 heterocycles. The number of rotatable bonds is 5. The van der Waals surface area contributed by atoms with Crippen molar-refractivity contribution >= 4 is 5.91 Å². The third-order valence-electron chi connectivity index (χ3n) is 5.42. The number of carbonyl (C=O) groups is 1. The second-order valence-corrected chi connectivity index (χ2v) is 7.05. The minimum absolute atomic E-state index is 0.122. The summed E-state index contributed by atoms with van der Waals surface area (Å²) in [7, 11) is 0. The number of aryl methyl sites for hydroxylation is 1. The molecule has 0 N–H and O–H groups in total. The van der Waals surface area contributed by atoms with Crippen LogP contribution in [-0.4, -0.2) is 51.4 Å². The summed E-state index contributed by atoms with van der Waals surface area (Å²) >= 11 is 0. The molecule has 6 heteroatoms. The molecule has 2 aliphatic rings. The molecule has 0 bridgehead atoms. The van der Waals surface area contributed by atoms with Crippen molar-refractivity contribution in [3.63, 3.8) is 0 Å². The molecule has 25 heavy (non-hydrogen) atoms. The highest BCUT2D eigenvalue weighted by atomic mass is 16.3. The first-order valence-corrected chi connectivity index (χ1v) is 9.31. The monoisotopic (exact) mass is 342 g/mol. The number of nitrogens with zero attached hydrogens (tertiary/aromatic N) is 4. The van der Waals surface area contributed by atoms with Crippen LogP contribution in [0.3, 0.4) is 0 Å². The normalized spacial score (nSPS) is 24.3. The Bertz CT molecular complexity index is 709. The van der Waals surface area contributed by atoms with Gasteiger partial charge in [-0.05, 0) is 31.9 Å². The Labute approximate surface area is 148 Å². The Balaban J connectivity index is 1.32. The smallest absolute Gasteiger partial charge is 0.226 e. The molecule has 4 rings (SSSR count). The van der Waals surface area contributed by atoms with E-state index in [-0.39, 0.29) is 5.92 Å². The van der Waals surface area contributed by atoms with Gasteiger partial charge in [0.15, 0.2) is 0 Å². The third kappa shape index (κ3) is 3.49. The van der Waals surface area contributed by atoms with Gasteiger partial charge >= 0.3 is 0 Å². The van der Waals surface area contributed by atoms with Gasteiger partial charge in [0.25, 0.3) is 0 Å². The van der Waals surface area contributed by atoms with Gasteiger partial charge < -0.3 is 13.9 Å². The standard InChI is InChI=1S/C19H26N4O2/c1-2-22-9-6-20-18(22)14-21-7-4-8-23(11-10-21)19(24)16-13-15(16)17-5-3-12-25-17/h3,5-6,9,12,15-16H,2,4,7-8,10-11,13-14H2,1H3/t15-,16+/m1/s1. The lowest BCUT2D eigenvalue weighted by Crippen LogP contribution is -2.36. The Morgan fingerprint density at radius 2 is 2.24 bits per heavy atom. The molecule has 2 aromatic rings. The second-order valence-electron chi connectivity index (χ2n) is 7.05. The van der Waals surface area contributed by atoms with Gasteiger partial charge in [0.05, 0.1) is 12.8 Å². The summed E-state index contributed by atoms with van der Waals surface area (Å²) in [5.74, 6) is 2.79. The van der Waals surface area contributed by atoms with Gasteiger partial charge in [-0.1, -0.05) is 0 Å². The number of hydrogen-bond donors (Lipinski definition) is 0. The lowest BCUT2D eigenvalue weighted by atomic mass is 10.2. The van der Waals surface area contributed by atoms with Gasteiger partial charge in [-0.3, -0.25) is 9.69 Å². The van der Waals surface area contributed by atoms with E-state index in [1.807, 2.05) is 24.5 Å². The molecule has 1 saturated carbocycles. The number of carbonyl (C=O) groups excluding carboxylic acids is 1. The molecular weight excluding hydrogens is 316 g/mol. The highest BCUT2D eigenvalue weighted by molar-refractivity contribution is 5.82. The maximum atomic E-state index is 12.8. The maximum absolute atomic E-state index is 12.8. The number of aromatic nitrogens is 2. The average Bonchev–Trinajstić information content (AvgIpc) is 3.09. The predicted octanol–water partition coefficient (Wildman–Crippen LogP) is 2.33. The van der Waals surface area contributed by atoms with Gasteiger partial charge in [-0.15, -0.1) is 0 Å². The SMILES string of the molecule is CCn1ccnc1CN1CCCN(C(=O)[C@H]2C[C@H]2c2ccco2)CC1. The molecule has 2 fully saturated rings. The van der Waals surface area contributed by atoms with E-state index in [2.05, 4.69) is 26.3 Å². The summed E-state index contributed by atoms with van der Waals surface area (Å²) in [5, 5.41) is 0. The van der Waals surface area contributed by atoms with Crippen molar-refractivity contribution in [1.29, 1.82) is 0 Å². The van der Waals surface area contributed by atoms with E-state index < -0.39 is 0 Å². The van der Waals surface area contributed by atoms with Crippen LogP contribution in [0.1, 0.15) is 37.3 Å². The zero-order valence-corrected chi connectivity index (χ0v) is 14.8. The highest BCUT2D eigenvalue weighted by Gasteiger charge is 2.47. The molecule has 0 unspecified atom stereocenters. The van der Waals surface area contributed by atoms with Gasteiger partial charge in [-0.2, -0.15) is 0 Å². The topological polar surface area (TPSA) is 54.5 Å². The van der Waals surface area contributed by atoms with E-state index in [1.54, 1.807) is 6.26 Å². The molecule has 1 aliphatic carbocycles. The molecule has 0 radical (unpaired) electrons. The van der Waals surface area contributed by atoms with Crippen LogP contribution in [0, 0.1) is 5.92 Å². The minimum Gasteiger partial charge on any atom is -0.469 e. The van der Waals surface area contributed by atoms with Crippen LogP contribution < -0.4 is 0 Å². The van der Waals surface area contributed by atoms with Gasteiger partial charge in [0.2, 0.25) is 5.91 Å². The summed E-state index contributed by atoms with van der Waals surface area (Å²) in [6.07, 6.45) is 7.55. The summed E-state index contributed by atoms with van der Waals surface area (Å²) in [4.78, 5) is 21.7. The van der Waals surface area contributed by atoms with Crippen molar-refractivity contribution in [1.82, 2.24) is 19.4 Å². The molecule has 2 aromatic heterocycles. The molecule has 1 saturated heterocycles. The maximum Gasteiger partial charge on any atom is 0.226 e. The first kappa shape index (κ1) is 16.4. The van der Waals surface area contributed by atoms with Gasteiger partial charge in [0.1, 0.15) is 11.6 Å². The molecule has 0 aromatic carbocycles. The number of amides is 1. The van der Waals surface area contributed by atoms with E-state index in [0.717, 1.165) is 63.7 Å². The zero-order chi connectivity index (χ0) is 17.2. The zero-order valence-electron chi connectivity index (χ0n) is 14.8. The van der Waals surface area contributed by atoms with Crippen LogP contribution in [0.2, 0.25) is 0 Å². The van der Waals surface area contributed by atoms with Crippen LogP contribution in [0.4, 0.5) is 0 Å². The van der Waals surface area contributed by atoms with Crippen molar-refractivity contribution in [2.75, 3.05) is 26.2 Å². The van der Waals surface area contributed by atoms with Crippen molar-refractivity contribution in [3.05, 3.63) is 42.4 Å². The van der Waals surface area contributed by atoms with Crippen molar-refractivity contribution in [2.24, 2.45) is 5.92 Å². The largest absolute Gasteiger partial charge is 0.469 e. The Kier molecular flexibility index (Phi) is 4.61. The fraction of sp³-hybridized carbons (Fsp3) is 0.579. The van der Waals surface area contributed by atoms with E-state index in [9.17, 15) is 4.79 Å². The van der Waals surface area contributed by atoms with Gasteiger partial charge in [0, 0.05) is 57.0 Å².